The lowest BCUT2D eigenvalue weighted by Gasteiger charge is -2.20. The van der Waals surface area contributed by atoms with Crippen LogP contribution >= 0.6 is 0 Å². The van der Waals surface area contributed by atoms with Gasteiger partial charge in [0.15, 0.2) is 0 Å². The van der Waals surface area contributed by atoms with E-state index in [0.717, 1.165) is 37.3 Å². The lowest BCUT2D eigenvalue weighted by atomic mass is 10.1. The zero-order valence-electron chi connectivity index (χ0n) is 12.2. The summed E-state index contributed by atoms with van der Waals surface area (Å²) in [6.07, 6.45) is 8.22. The molecule has 1 fully saturated rings. The first kappa shape index (κ1) is 14.1. The largest absolute Gasteiger partial charge is 0.370 e. The summed E-state index contributed by atoms with van der Waals surface area (Å²) in [6.45, 7) is 7.65. The van der Waals surface area contributed by atoms with Gasteiger partial charge in [-0.25, -0.2) is 4.98 Å². The highest BCUT2D eigenvalue weighted by Crippen LogP contribution is 2.16. The van der Waals surface area contributed by atoms with E-state index in [1.165, 1.54) is 32.1 Å². The molecule has 1 aliphatic rings. The van der Waals surface area contributed by atoms with E-state index < -0.39 is 0 Å². The van der Waals surface area contributed by atoms with Gasteiger partial charge in [0.25, 0.3) is 0 Å². The molecule has 106 valence electrons. The van der Waals surface area contributed by atoms with Crippen molar-refractivity contribution in [2.45, 2.75) is 46.0 Å². The van der Waals surface area contributed by atoms with Gasteiger partial charge in [-0.05, 0) is 31.2 Å². The maximum atomic E-state index is 4.64. The highest BCUT2D eigenvalue weighted by atomic mass is 15.3. The Morgan fingerprint density at radius 3 is 2.63 bits per heavy atom. The van der Waals surface area contributed by atoms with Crippen molar-refractivity contribution in [3.63, 3.8) is 0 Å². The summed E-state index contributed by atoms with van der Waals surface area (Å²) in [4.78, 5) is 11.4. The first-order chi connectivity index (χ1) is 9.25. The molecule has 4 heteroatoms. The van der Waals surface area contributed by atoms with Gasteiger partial charge in [-0.3, -0.25) is 0 Å². The number of hydrogen-bond acceptors (Lipinski definition) is 4. The average molecular weight is 262 g/mol. The van der Waals surface area contributed by atoms with Crippen LogP contribution in [0.5, 0.6) is 0 Å². The van der Waals surface area contributed by atoms with Crippen LogP contribution in [0.2, 0.25) is 0 Å². The number of anilines is 2. The van der Waals surface area contributed by atoms with E-state index in [0.29, 0.717) is 0 Å². The maximum Gasteiger partial charge on any atom is 0.227 e. The lowest BCUT2D eigenvalue weighted by Crippen LogP contribution is -2.26. The summed E-state index contributed by atoms with van der Waals surface area (Å²) in [5.41, 5.74) is 0. The third kappa shape index (κ3) is 4.69. The van der Waals surface area contributed by atoms with E-state index in [1.807, 2.05) is 12.3 Å². The number of rotatable bonds is 5. The van der Waals surface area contributed by atoms with Gasteiger partial charge < -0.3 is 10.2 Å². The molecule has 1 aromatic heterocycles. The van der Waals surface area contributed by atoms with Gasteiger partial charge in [0.05, 0.1) is 0 Å². The molecule has 0 radical (unpaired) electrons. The Balaban J connectivity index is 1.93. The molecule has 1 aromatic rings. The van der Waals surface area contributed by atoms with Gasteiger partial charge in [-0.2, -0.15) is 4.98 Å². The van der Waals surface area contributed by atoms with Gasteiger partial charge in [-0.15, -0.1) is 0 Å². The Labute approximate surface area is 116 Å². The molecule has 19 heavy (non-hydrogen) atoms. The highest BCUT2D eigenvalue weighted by molar-refractivity contribution is 5.41. The second-order valence-corrected chi connectivity index (χ2v) is 5.75. The van der Waals surface area contributed by atoms with E-state index in [-0.39, 0.29) is 0 Å². The first-order valence-corrected chi connectivity index (χ1v) is 7.57. The van der Waals surface area contributed by atoms with Crippen molar-refractivity contribution < 1.29 is 0 Å². The van der Waals surface area contributed by atoms with Gasteiger partial charge >= 0.3 is 0 Å². The normalized spacial score (nSPS) is 16.5. The van der Waals surface area contributed by atoms with Gasteiger partial charge in [-0.1, -0.05) is 26.7 Å². The fourth-order valence-electron chi connectivity index (χ4n) is 2.36. The number of hydrogen-bond donors (Lipinski definition) is 1. The molecule has 0 amide bonds. The van der Waals surface area contributed by atoms with E-state index in [4.69, 9.17) is 0 Å². The third-order valence-corrected chi connectivity index (χ3v) is 3.56. The number of aromatic nitrogens is 2. The highest BCUT2D eigenvalue weighted by Gasteiger charge is 2.12. The second kappa shape index (κ2) is 7.31. The smallest absolute Gasteiger partial charge is 0.227 e. The Hall–Kier alpha value is -1.32. The van der Waals surface area contributed by atoms with Crippen LogP contribution in [0.15, 0.2) is 12.3 Å². The molecular formula is C15H26N4. The molecule has 0 aliphatic carbocycles. The quantitative estimate of drug-likeness (QED) is 0.884. The summed E-state index contributed by atoms with van der Waals surface area (Å²) >= 11 is 0. The van der Waals surface area contributed by atoms with Crippen molar-refractivity contribution in [1.29, 1.82) is 0 Å². The van der Waals surface area contributed by atoms with E-state index in [2.05, 4.69) is 34.0 Å². The molecule has 2 rings (SSSR count). The summed E-state index contributed by atoms with van der Waals surface area (Å²) in [5, 5.41) is 3.39. The lowest BCUT2D eigenvalue weighted by molar-refractivity contribution is 0.606. The molecule has 0 bridgehead atoms. The van der Waals surface area contributed by atoms with Crippen molar-refractivity contribution >= 4 is 11.8 Å². The summed E-state index contributed by atoms with van der Waals surface area (Å²) in [6, 6.07) is 1.96. The van der Waals surface area contributed by atoms with E-state index in [1.54, 1.807) is 0 Å². The molecule has 0 spiro atoms. The molecule has 1 aliphatic heterocycles. The zero-order valence-corrected chi connectivity index (χ0v) is 12.2. The van der Waals surface area contributed by atoms with E-state index in [9.17, 15) is 0 Å². The van der Waals surface area contributed by atoms with Crippen LogP contribution < -0.4 is 10.2 Å². The molecule has 1 N–H and O–H groups in total. The molecule has 0 saturated carbocycles. The minimum Gasteiger partial charge on any atom is -0.370 e. The van der Waals surface area contributed by atoms with Crippen LogP contribution in [-0.4, -0.2) is 29.6 Å². The van der Waals surface area contributed by atoms with Gasteiger partial charge in [0, 0.05) is 25.8 Å². The Morgan fingerprint density at radius 2 is 1.95 bits per heavy atom. The van der Waals surface area contributed by atoms with E-state index >= 15 is 0 Å². The van der Waals surface area contributed by atoms with Crippen LogP contribution in [0.4, 0.5) is 11.8 Å². The maximum absolute atomic E-state index is 4.64. The summed E-state index contributed by atoms with van der Waals surface area (Å²) in [7, 11) is 0. The van der Waals surface area contributed by atoms with Gasteiger partial charge in [0.1, 0.15) is 5.82 Å². The molecule has 0 aromatic carbocycles. The van der Waals surface area contributed by atoms with Gasteiger partial charge in [0.2, 0.25) is 5.95 Å². The number of nitrogens with zero attached hydrogens (tertiary/aromatic N) is 3. The van der Waals surface area contributed by atoms with Crippen LogP contribution in [0.25, 0.3) is 0 Å². The van der Waals surface area contributed by atoms with Crippen LogP contribution in [0, 0.1) is 5.92 Å². The summed E-state index contributed by atoms with van der Waals surface area (Å²) in [5.74, 6) is 2.56. The molecular weight excluding hydrogens is 236 g/mol. The van der Waals surface area contributed by atoms with Crippen molar-refractivity contribution in [2.75, 3.05) is 29.9 Å². The fourth-order valence-corrected chi connectivity index (χ4v) is 2.36. The number of nitrogens with one attached hydrogen (secondary N) is 1. The zero-order chi connectivity index (χ0) is 13.5. The topological polar surface area (TPSA) is 41.1 Å². The fraction of sp³-hybridized carbons (Fsp3) is 0.733. The predicted molar refractivity (Wildman–Crippen MR) is 80.7 cm³/mol. The van der Waals surface area contributed by atoms with Crippen LogP contribution in [0.3, 0.4) is 0 Å². The molecule has 4 nitrogen and oxygen atoms in total. The average Bonchev–Trinajstić information content (AvgIpc) is 2.67. The SMILES string of the molecule is CC(C)CCNc1ccnc(N2CCCCCC2)n1. The Kier molecular flexibility index (Phi) is 5.43. The van der Waals surface area contributed by atoms with Crippen LogP contribution in [-0.2, 0) is 0 Å². The Morgan fingerprint density at radius 1 is 1.21 bits per heavy atom. The monoisotopic (exact) mass is 262 g/mol. The minimum atomic E-state index is 0.722. The second-order valence-electron chi connectivity index (χ2n) is 5.75. The predicted octanol–water partition coefficient (Wildman–Crippen LogP) is 3.32. The summed E-state index contributed by atoms with van der Waals surface area (Å²) < 4.78 is 0. The van der Waals surface area contributed by atoms with Crippen LogP contribution in [0.1, 0.15) is 46.0 Å². The molecule has 0 unspecified atom stereocenters. The van der Waals surface area contributed by atoms with Crippen molar-refractivity contribution in [3.8, 4) is 0 Å². The molecule has 2 heterocycles. The van der Waals surface area contributed by atoms with Crippen molar-refractivity contribution in [1.82, 2.24) is 9.97 Å². The Bertz CT molecular complexity index is 370. The molecule has 1 saturated heterocycles. The minimum absolute atomic E-state index is 0.722. The van der Waals surface area contributed by atoms with Crippen molar-refractivity contribution in [2.24, 2.45) is 5.92 Å². The standard InChI is InChI=1S/C15H26N4/c1-13(2)7-9-16-14-8-10-17-15(18-14)19-11-5-3-4-6-12-19/h8,10,13H,3-7,9,11-12H2,1-2H3,(H,16,17,18). The first-order valence-electron chi connectivity index (χ1n) is 7.57. The molecule has 0 atom stereocenters. The van der Waals surface area contributed by atoms with Crippen molar-refractivity contribution in [3.05, 3.63) is 12.3 Å². The third-order valence-electron chi connectivity index (χ3n) is 3.56.